The molecule has 140 valence electrons. The lowest BCUT2D eigenvalue weighted by atomic mass is 10.2. The summed E-state index contributed by atoms with van der Waals surface area (Å²) in [4.78, 5) is 24.4. The molecule has 0 aliphatic rings. The number of carbonyl (C=O) groups is 1. The third-order valence-electron chi connectivity index (χ3n) is 4.15. The second-order valence-corrected chi connectivity index (χ2v) is 6.56. The second-order valence-electron chi connectivity index (χ2n) is 6.05. The van der Waals surface area contributed by atoms with Crippen molar-refractivity contribution in [3.05, 3.63) is 78.1 Å². The van der Waals surface area contributed by atoms with Gasteiger partial charge in [0, 0.05) is 5.56 Å². The summed E-state index contributed by atoms with van der Waals surface area (Å²) in [6.45, 7) is 0. The van der Waals surface area contributed by atoms with Gasteiger partial charge in [-0.15, -0.1) is 12.6 Å². The van der Waals surface area contributed by atoms with Crippen molar-refractivity contribution in [2.24, 2.45) is 5.73 Å². The summed E-state index contributed by atoms with van der Waals surface area (Å²) in [5, 5.41) is 2.63. The fourth-order valence-corrected chi connectivity index (χ4v) is 3.08. The van der Waals surface area contributed by atoms with Gasteiger partial charge in [-0.1, -0.05) is 12.1 Å². The Kier molecular flexibility index (Phi) is 4.66. The lowest BCUT2D eigenvalue weighted by molar-refractivity contribution is 0.100. The van der Waals surface area contributed by atoms with Crippen LogP contribution in [0.3, 0.4) is 0 Å². The number of imidazole rings is 1. The predicted molar refractivity (Wildman–Crippen MR) is 107 cm³/mol. The topological polar surface area (TPSA) is 98.7 Å². The summed E-state index contributed by atoms with van der Waals surface area (Å²) in [7, 11) is 0. The molecule has 0 spiro atoms. The first-order chi connectivity index (χ1) is 13.5. The molecule has 4 rings (SSSR count). The molecule has 9 heteroatoms. The number of amides is 1. The standard InChI is InChI=1S/C19H15FN6OS/c20-13-3-1-2-12(6-13)19(28)25-16-8-22-9-17(24-16)26-10-23-14-7-11(18(21)27)4-5-15(14)26/h1-10,19,28H,(H2,21,27)(H,24,25). The number of benzene rings is 2. The molecule has 3 N–H and O–H groups in total. The molecule has 0 aliphatic heterocycles. The van der Waals surface area contributed by atoms with Crippen LogP contribution in [-0.2, 0) is 0 Å². The molecule has 2 heterocycles. The number of rotatable bonds is 5. The van der Waals surface area contributed by atoms with Crippen LogP contribution in [0.4, 0.5) is 10.2 Å². The molecule has 0 saturated heterocycles. The van der Waals surface area contributed by atoms with Crippen molar-refractivity contribution in [3.8, 4) is 5.82 Å². The number of nitrogens with one attached hydrogen (secondary N) is 1. The molecule has 1 unspecified atom stereocenters. The molecule has 4 aromatic rings. The molecule has 7 nitrogen and oxygen atoms in total. The fourth-order valence-electron chi connectivity index (χ4n) is 2.79. The van der Waals surface area contributed by atoms with E-state index in [4.69, 9.17) is 5.73 Å². The average Bonchev–Trinajstić information content (AvgIpc) is 3.11. The Balaban J connectivity index is 1.64. The van der Waals surface area contributed by atoms with E-state index in [1.807, 2.05) is 0 Å². The molecule has 0 saturated carbocycles. The lowest BCUT2D eigenvalue weighted by Gasteiger charge is -2.14. The molecule has 0 bridgehead atoms. The minimum absolute atomic E-state index is 0.335. The van der Waals surface area contributed by atoms with Gasteiger partial charge in [0.05, 0.1) is 28.8 Å². The highest BCUT2D eigenvalue weighted by molar-refractivity contribution is 7.80. The van der Waals surface area contributed by atoms with Crippen molar-refractivity contribution in [3.63, 3.8) is 0 Å². The zero-order valence-corrected chi connectivity index (χ0v) is 15.3. The molecular weight excluding hydrogens is 379 g/mol. The summed E-state index contributed by atoms with van der Waals surface area (Å²) >= 11 is 4.47. The van der Waals surface area contributed by atoms with E-state index in [9.17, 15) is 9.18 Å². The number of primary amides is 1. The van der Waals surface area contributed by atoms with Crippen molar-refractivity contribution in [1.29, 1.82) is 0 Å². The second kappa shape index (κ2) is 7.28. The first-order valence-electron chi connectivity index (χ1n) is 8.30. The number of carbonyl (C=O) groups excluding carboxylic acids is 1. The molecule has 0 aliphatic carbocycles. The number of halogens is 1. The maximum atomic E-state index is 13.4. The van der Waals surface area contributed by atoms with Crippen LogP contribution in [0, 0.1) is 5.82 Å². The van der Waals surface area contributed by atoms with Gasteiger partial charge in [-0.2, -0.15) is 0 Å². The highest BCUT2D eigenvalue weighted by Crippen LogP contribution is 2.23. The maximum absolute atomic E-state index is 13.4. The molecule has 0 fully saturated rings. The van der Waals surface area contributed by atoms with Crippen molar-refractivity contribution < 1.29 is 9.18 Å². The van der Waals surface area contributed by atoms with E-state index in [1.165, 1.54) is 12.1 Å². The number of aromatic nitrogens is 4. The van der Waals surface area contributed by atoms with Crippen molar-refractivity contribution in [1.82, 2.24) is 19.5 Å². The van der Waals surface area contributed by atoms with E-state index in [2.05, 4.69) is 32.9 Å². The normalized spacial score (nSPS) is 12.1. The van der Waals surface area contributed by atoms with Gasteiger partial charge in [0.2, 0.25) is 5.91 Å². The van der Waals surface area contributed by atoms with Gasteiger partial charge in [-0.05, 0) is 35.9 Å². The number of thiol groups is 1. The predicted octanol–water partition coefficient (Wildman–Crippen LogP) is 3.09. The zero-order chi connectivity index (χ0) is 19.7. The van der Waals surface area contributed by atoms with Crippen LogP contribution in [0.25, 0.3) is 16.9 Å². The molecule has 0 radical (unpaired) electrons. The smallest absolute Gasteiger partial charge is 0.248 e. The van der Waals surface area contributed by atoms with Gasteiger partial charge in [-0.25, -0.2) is 14.4 Å². The Hall–Kier alpha value is -3.46. The zero-order valence-electron chi connectivity index (χ0n) is 14.5. The SMILES string of the molecule is NC(=O)c1ccc2c(c1)ncn2-c1cncc(NC(S)c2cccc(F)c2)n1. The van der Waals surface area contributed by atoms with Crippen molar-refractivity contribution in [2.45, 2.75) is 5.37 Å². The number of hydrogen-bond donors (Lipinski definition) is 3. The summed E-state index contributed by atoms with van der Waals surface area (Å²) in [6.07, 6.45) is 4.73. The van der Waals surface area contributed by atoms with E-state index < -0.39 is 11.3 Å². The molecule has 1 atom stereocenters. The van der Waals surface area contributed by atoms with E-state index in [0.717, 1.165) is 5.52 Å². The third kappa shape index (κ3) is 3.52. The van der Waals surface area contributed by atoms with E-state index >= 15 is 0 Å². The monoisotopic (exact) mass is 394 g/mol. The number of nitrogens with zero attached hydrogens (tertiary/aromatic N) is 4. The molecule has 2 aromatic carbocycles. The van der Waals surface area contributed by atoms with Gasteiger partial charge in [0.1, 0.15) is 18.0 Å². The average molecular weight is 394 g/mol. The largest absolute Gasteiger partial charge is 0.366 e. The van der Waals surface area contributed by atoms with E-state index in [-0.39, 0.29) is 5.82 Å². The van der Waals surface area contributed by atoms with Crippen molar-refractivity contribution in [2.75, 3.05) is 5.32 Å². The Morgan fingerprint density at radius 1 is 1.21 bits per heavy atom. The Bertz CT molecular complexity index is 1180. The quantitative estimate of drug-likeness (QED) is 0.357. The van der Waals surface area contributed by atoms with Crippen LogP contribution in [-0.4, -0.2) is 25.4 Å². The van der Waals surface area contributed by atoms with E-state index in [0.29, 0.717) is 28.3 Å². The number of nitrogens with two attached hydrogens (primary N) is 1. The summed E-state index contributed by atoms with van der Waals surface area (Å²) in [5.41, 5.74) is 7.73. The number of fused-ring (bicyclic) bond motifs is 1. The first-order valence-corrected chi connectivity index (χ1v) is 8.82. The van der Waals surface area contributed by atoms with Gasteiger partial charge < -0.3 is 11.1 Å². The third-order valence-corrected chi connectivity index (χ3v) is 4.58. The van der Waals surface area contributed by atoms with Gasteiger partial charge in [0.25, 0.3) is 0 Å². The van der Waals surface area contributed by atoms with Crippen LogP contribution < -0.4 is 11.1 Å². The lowest BCUT2D eigenvalue weighted by Crippen LogP contribution is -2.10. The maximum Gasteiger partial charge on any atom is 0.248 e. The molecular formula is C19H15FN6OS. The fraction of sp³-hybridized carbons (Fsp3) is 0.0526. The first kappa shape index (κ1) is 17.9. The van der Waals surface area contributed by atoms with Crippen LogP contribution in [0.1, 0.15) is 21.3 Å². The van der Waals surface area contributed by atoms with Crippen LogP contribution in [0.5, 0.6) is 0 Å². The molecule has 1 amide bonds. The van der Waals surface area contributed by atoms with Crippen LogP contribution in [0.15, 0.2) is 61.2 Å². The van der Waals surface area contributed by atoms with Crippen molar-refractivity contribution >= 4 is 35.4 Å². The summed E-state index contributed by atoms with van der Waals surface area (Å²) in [6, 6.07) is 11.2. The highest BCUT2D eigenvalue weighted by atomic mass is 32.1. The number of anilines is 1. The van der Waals surface area contributed by atoms with Crippen LogP contribution >= 0.6 is 12.6 Å². The highest BCUT2D eigenvalue weighted by Gasteiger charge is 2.12. The summed E-state index contributed by atoms with van der Waals surface area (Å²) in [5.74, 6) is 0.148. The summed E-state index contributed by atoms with van der Waals surface area (Å²) < 4.78 is 15.2. The Morgan fingerprint density at radius 2 is 2.07 bits per heavy atom. The van der Waals surface area contributed by atoms with Gasteiger partial charge in [0.15, 0.2) is 5.82 Å². The molecule has 28 heavy (non-hydrogen) atoms. The Labute approximate surface area is 164 Å². The Morgan fingerprint density at radius 3 is 2.86 bits per heavy atom. The number of hydrogen-bond acceptors (Lipinski definition) is 6. The molecule has 2 aromatic heterocycles. The van der Waals surface area contributed by atoms with E-state index in [1.54, 1.807) is 53.6 Å². The van der Waals surface area contributed by atoms with Crippen LogP contribution in [0.2, 0.25) is 0 Å². The van der Waals surface area contributed by atoms with Gasteiger partial charge in [-0.3, -0.25) is 14.3 Å². The minimum atomic E-state index is -0.514. The van der Waals surface area contributed by atoms with Gasteiger partial charge >= 0.3 is 0 Å². The minimum Gasteiger partial charge on any atom is -0.366 e.